The molecule has 0 aliphatic heterocycles. The average Bonchev–Trinajstić information content (AvgIpc) is 3.21. The van der Waals surface area contributed by atoms with E-state index in [0.717, 1.165) is 28.8 Å². The quantitative estimate of drug-likeness (QED) is 0.887. The number of hydrogen-bond donors (Lipinski definition) is 1. The van der Waals surface area contributed by atoms with Crippen molar-refractivity contribution in [2.75, 3.05) is 6.61 Å². The molecule has 0 amide bonds. The number of hydrogen-bond acceptors (Lipinski definition) is 4. The van der Waals surface area contributed by atoms with Crippen LogP contribution in [-0.2, 0) is 6.42 Å². The maximum absolute atomic E-state index is 11.0. The van der Waals surface area contributed by atoms with Crippen molar-refractivity contribution in [3.05, 3.63) is 45.4 Å². The van der Waals surface area contributed by atoms with Crippen molar-refractivity contribution in [2.24, 2.45) is 5.92 Å². The molecule has 110 valence electrons. The molecule has 1 aliphatic rings. The highest BCUT2D eigenvalue weighted by molar-refractivity contribution is 7.13. The van der Waals surface area contributed by atoms with Crippen LogP contribution >= 0.6 is 11.3 Å². The minimum absolute atomic E-state index is 0.328. The smallest absolute Gasteiger partial charge is 0.347 e. The molecule has 1 aliphatic carbocycles. The third kappa shape index (κ3) is 3.61. The van der Waals surface area contributed by atoms with Crippen LogP contribution in [0.2, 0.25) is 0 Å². The Morgan fingerprint density at radius 2 is 2.10 bits per heavy atom. The van der Waals surface area contributed by atoms with Crippen molar-refractivity contribution in [1.82, 2.24) is 4.98 Å². The molecular formula is C16H17NO3S. The molecule has 0 bridgehead atoms. The van der Waals surface area contributed by atoms with E-state index < -0.39 is 5.97 Å². The van der Waals surface area contributed by atoms with Crippen molar-refractivity contribution in [3.8, 4) is 5.75 Å². The van der Waals surface area contributed by atoms with E-state index in [2.05, 4.69) is 4.98 Å². The molecule has 5 heteroatoms. The van der Waals surface area contributed by atoms with Gasteiger partial charge >= 0.3 is 5.97 Å². The molecule has 0 atom stereocenters. The van der Waals surface area contributed by atoms with Gasteiger partial charge in [0.05, 0.1) is 17.3 Å². The second kappa shape index (κ2) is 5.85. The molecule has 4 nitrogen and oxygen atoms in total. The first-order valence-corrected chi connectivity index (χ1v) is 7.85. The number of nitrogens with zero attached hydrogens (tertiary/aromatic N) is 1. The van der Waals surface area contributed by atoms with Gasteiger partial charge in [0.15, 0.2) is 0 Å². The monoisotopic (exact) mass is 303 g/mol. The van der Waals surface area contributed by atoms with Crippen LogP contribution in [0.5, 0.6) is 5.75 Å². The lowest BCUT2D eigenvalue weighted by Crippen LogP contribution is -1.98. The van der Waals surface area contributed by atoms with E-state index in [9.17, 15) is 4.79 Å². The SMILES string of the molecule is Cc1nc(Cc2ccc(OCC3CC3)cc2)sc1C(=O)O. The van der Waals surface area contributed by atoms with Gasteiger partial charge in [-0.2, -0.15) is 0 Å². The summed E-state index contributed by atoms with van der Waals surface area (Å²) in [4.78, 5) is 15.7. The molecule has 0 unspecified atom stereocenters. The van der Waals surface area contributed by atoms with E-state index in [1.165, 1.54) is 24.2 Å². The van der Waals surface area contributed by atoms with Crippen molar-refractivity contribution in [2.45, 2.75) is 26.2 Å². The molecule has 21 heavy (non-hydrogen) atoms. The van der Waals surface area contributed by atoms with Gasteiger partial charge in [-0.3, -0.25) is 0 Å². The number of carbonyl (C=O) groups is 1. The summed E-state index contributed by atoms with van der Waals surface area (Å²) >= 11 is 1.25. The van der Waals surface area contributed by atoms with E-state index in [4.69, 9.17) is 9.84 Å². The highest BCUT2D eigenvalue weighted by Crippen LogP contribution is 2.29. The summed E-state index contributed by atoms with van der Waals surface area (Å²) in [5, 5.41) is 9.87. The van der Waals surface area contributed by atoms with Gasteiger partial charge in [0.25, 0.3) is 0 Å². The molecule has 1 saturated carbocycles. The van der Waals surface area contributed by atoms with Gasteiger partial charge in [0, 0.05) is 6.42 Å². The Bertz CT molecular complexity index is 644. The Morgan fingerprint density at radius 1 is 1.38 bits per heavy atom. The Balaban J connectivity index is 1.63. The fourth-order valence-corrected chi connectivity index (χ4v) is 3.04. The summed E-state index contributed by atoms with van der Waals surface area (Å²) < 4.78 is 5.70. The van der Waals surface area contributed by atoms with Crippen molar-refractivity contribution >= 4 is 17.3 Å². The third-order valence-corrected chi connectivity index (χ3v) is 4.64. The second-order valence-electron chi connectivity index (χ2n) is 5.40. The van der Waals surface area contributed by atoms with Gasteiger partial charge in [-0.05, 0) is 43.4 Å². The first-order valence-electron chi connectivity index (χ1n) is 7.03. The van der Waals surface area contributed by atoms with Crippen LogP contribution in [0, 0.1) is 12.8 Å². The van der Waals surface area contributed by atoms with Gasteiger partial charge in [-0.15, -0.1) is 11.3 Å². The maximum Gasteiger partial charge on any atom is 0.347 e. The minimum Gasteiger partial charge on any atom is -0.493 e. The normalized spacial score (nSPS) is 14.1. The first kappa shape index (κ1) is 14.1. The lowest BCUT2D eigenvalue weighted by atomic mass is 10.1. The topological polar surface area (TPSA) is 59.4 Å². The summed E-state index contributed by atoms with van der Waals surface area (Å²) in [6.07, 6.45) is 3.22. The van der Waals surface area contributed by atoms with Crippen LogP contribution in [0.1, 0.15) is 38.8 Å². The second-order valence-corrected chi connectivity index (χ2v) is 6.49. The predicted molar refractivity (Wildman–Crippen MR) is 81.3 cm³/mol. The van der Waals surface area contributed by atoms with E-state index in [-0.39, 0.29) is 0 Å². The largest absolute Gasteiger partial charge is 0.493 e. The van der Waals surface area contributed by atoms with Crippen molar-refractivity contribution < 1.29 is 14.6 Å². The molecule has 0 saturated heterocycles. The van der Waals surface area contributed by atoms with E-state index in [0.29, 0.717) is 17.0 Å². The van der Waals surface area contributed by atoms with E-state index in [1.54, 1.807) is 6.92 Å². The van der Waals surface area contributed by atoms with Gasteiger partial charge in [0.2, 0.25) is 0 Å². The molecule has 1 heterocycles. The van der Waals surface area contributed by atoms with Crippen LogP contribution in [-0.4, -0.2) is 22.7 Å². The Hall–Kier alpha value is -1.88. The number of benzene rings is 1. The van der Waals surface area contributed by atoms with Crippen LogP contribution in [0.3, 0.4) is 0 Å². The van der Waals surface area contributed by atoms with Gasteiger partial charge in [-0.1, -0.05) is 12.1 Å². The Labute approximate surface area is 127 Å². The molecular weight excluding hydrogens is 286 g/mol. The zero-order valence-electron chi connectivity index (χ0n) is 11.8. The zero-order valence-corrected chi connectivity index (χ0v) is 12.7. The van der Waals surface area contributed by atoms with Crippen LogP contribution in [0.25, 0.3) is 0 Å². The highest BCUT2D eigenvalue weighted by Gasteiger charge is 2.21. The standard InChI is InChI=1S/C16H17NO3S/c1-10-15(16(18)19)21-14(17-10)8-11-4-6-13(7-5-11)20-9-12-2-3-12/h4-7,12H,2-3,8-9H2,1H3,(H,18,19). The maximum atomic E-state index is 11.0. The van der Waals surface area contributed by atoms with Crippen LogP contribution in [0.4, 0.5) is 0 Å². The lowest BCUT2D eigenvalue weighted by molar-refractivity contribution is 0.0701. The molecule has 0 spiro atoms. The lowest BCUT2D eigenvalue weighted by Gasteiger charge is -2.05. The minimum atomic E-state index is -0.903. The fourth-order valence-electron chi connectivity index (χ4n) is 2.10. The molecule has 1 N–H and O–H groups in total. The molecule has 0 radical (unpaired) electrons. The summed E-state index contributed by atoms with van der Waals surface area (Å²) in [5.41, 5.74) is 1.70. The molecule has 1 aromatic heterocycles. The molecule has 3 rings (SSSR count). The number of aromatic nitrogens is 1. The van der Waals surface area contributed by atoms with Gasteiger partial charge in [-0.25, -0.2) is 9.78 Å². The molecule has 1 fully saturated rings. The number of aryl methyl sites for hydroxylation is 1. The van der Waals surface area contributed by atoms with Crippen LogP contribution in [0.15, 0.2) is 24.3 Å². The average molecular weight is 303 g/mol. The highest BCUT2D eigenvalue weighted by atomic mass is 32.1. The van der Waals surface area contributed by atoms with Crippen molar-refractivity contribution in [3.63, 3.8) is 0 Å². The van der Waals surface area contributed by atoms with Gasteiger partial charge in [0.1, 0.15) is 10.6 Å². The Morgan fingerprint density at radius 3 is 2.67 bits per heavy atom. The number of rotatable bonds is 6. The number of thiazole rings is 1. The number of ether oxygens (including phenoxy) is 1. The fraction of sp³-hybridized carbons (Fsp3) is 0.375. The van der Waals surface area contributed by atoms with Gasteiger partial charge < -0.3 is 9.84 Å². The summed E-state index contributed by atoms with van der Waals surface area (Å²) in [6.45, 7) is 2.55. The Kier molecular flexibility index (Phi) is 3.92. The predicted octanol–water partition coefficient (Wildman–Crippen LogP) is 3.53. The van der Waals surface area contributed by atoms with E-state index >= 15 is 0 Å². The number of carboxylic acids is 1. The third-order valence-electron chi connectivity index (χ3n) is 3.50. The van der Waals surface area contributed by atoms with Crippen LogP contribution < -0.4 is 4.74 Å². The first-order chi connectivity index (χ1) is 10.1. The summed E-state index contributed by atoms with van der Waals surface area (Å²) in [6, 6.07) is 7.96. The van der Waals surface area contributed by atoms with E-state index in [1.807, 2.05) is 24.3 Å². The molecule has 1 aromatic carbocycles. The van der Waals surface area contributed by atoms with Crippen molar-refractivity contribution in [1.29, 1.82) is 0 Å². The zero-order chi connectivity index (χ0) is 14.8. The summed E-state index contributed by atoms with van der Waals surface area (Å²) in [7, 11) is 0. The number of aromatic carboxylic acids is 1. The molecule has 2 aromatic rings. The number of carboxylic acid groups (broad SMARTS) is 1. The summed E-state index contributed by atoms with van der Waals surface area (Å²) in [5.74, 6) is 0.740.